The van der Waals surface area contributed by atoms with E-state index in [1.807, 2.05) is 0 Å². The van der Waals surface area contributed by atoms with Crippen molar-refractivity contribution in [3.05, 3.63) is 64.0 Å². The summed E-state index contributed by atoms with van der Waals surface area (Å²) >= 11 is 0. The van der Waals surface area contributed by atoms with Crippen LogP contribution in [0.4, 0.5) is 5.69 Å². The number of pyridine rings is 1. The quantitative estimate of drug-likeness (QED) is 0.545. The van der Waals surface area contributed by atoms with Crippen molar-refractivity contribution in [3.63, 3.8) is 0 Å². The lowest BCUT2D eigenvalue weighted by atomic mass is 9.94. The summed E-state index contributed by atoms with van der Waals surface area (Å²) in [4.78, 5) is 27.0. The van der Waals surface area contributed by atoms with E-state index in [1.165, 1.54) is 20.3 Å². The van der Waals surface area contributed by atoms with Crippen molar-refractivity contribution >= 4 is 11.6 Å². The van der Waals surface area contributed by atoms with E-state index in [4.69, 9.17) is 9.47 Å². The molecule has 0 aliphatic carbocycles. The van der Waals surface area contributed by atoms with Gasteiger partial charge in [0.15, 0.2) is 0 Å². The minimum Gasteiger partial charge on any atom is -0.497 e. The predicted octanol–water partition coefficient (Wildman–Crippen LogP) is 2.55. The van der Waals surface area contributed by atoms with E-state index in [1.54, 1.807) is 36.5 Å². The Hall–Kier alpha value is -3.00. The van der Waals surface area contributed by atoms with E-state index in [2.05, 4.69) is 10.3 Å². The van der Waals surface area contributed by atoms with Gasteiger partial charge in [-0.3, -0.25) is 19.9 Å². The van der Waals surface area contributed by atoms with E-state index in [0.29, 0.717) is 30.0 Å². The van der Waals surface area contributed by atoms with Gasteiger partial charge >= 0.3 is 0 Å². The van der Waals surface area contributed by atoms with Gasteiger partial charge in [-0.1, -0.05) is 6.07 Å². The minimum atomic E-state index is -0.427. The van der Waals surface area contributed by atoms with E-state index in [9.17, 15) is 14.9 Å². The zero-order valence-corrected chi connectivity index (χ0v) is 14.7. The van der Waals surface area contributed by atoms with Gasteiger partial charge < -0.3 is 14.8 Å². The topological polar surface area (TPSA) is 104 Å². The second-order valence-electron chi connectivity index (χ2n) is 5.59. The number of aromatic nitrogens is 1. The number of methoxy groups -OCH3 is 2. The minimum absolute atomic E-state index is 0.00361. The highest BCUT2D eigenvalue weighted by Crippen LogP contribution is 2.32. The number of rotatable bonds is 9. The maximum absolute atomic E-state index is 12.1. The number of hydrogen-bond donors (Lipinski definition) is 1. The number of carbonyl (C=O) groups excluding carboxylic acids is 1. The Bertz CT molecular complexity index is 752. The number of hydrogen-bond acceptors (Lipinski definition) is 6. The molecule has 0 aliphatic heterocycles. The van der Waals surface area contributed by atoms with Gasteiger partial charge in [0.1, 0.15) is 11.4 Å². The van der Waals surface area contributed by atoms with Crippen molar-refractivity contribution in [1.29, 1.82) is 0 Å². The third-order valence-corrected chi connectivity index (χ3v) is 3.91. The maximum Gasteiger partial charge on any atom is 0.273 e. The monoisotopic (exact) mass is 359 g/mol. The molecule has 0 saturated heterocycles. The van der Waals surface area contributed by atoms with Gasteiger partial charge in [0, 0.05) is 37.4 Å². The van der Waals surface area contributed by atoms with Crippen LogP contribution >= 0.6 is 0 Å². The highest BCUT2D eigenvalue weighted by molar-refractivity contribution is 5.92. The fraction of sp³-hybridized carbons (Fsp3) is 0.333. The van der Waals surface area contributed by atoms with Crippen LogP contribution in [0.1, 0.15) is 28.4 Å². The third-order valence-electron chi connectivity index (χ3n) is 3.91. The summed E-state index contributed by atoms with van der Waals surface area (Å²) in [7, 11) is 3.04. The molecule has 1 atom stereocenters. The lowest BCUT2D eigenvalue weighted by Gasteiger charge is -2.17. The first-order chi connectivity index (χ1) is 12.6. The number of amides is 1. The van der Waals surface area contributed by atoms with Gasteiger partial charge in [-0.2, -0.15) is 0 Å². The number of nitro benzene ring substituents is 1. The Morgan fingerprint density at radius 3 is 2.73 bits per heavy atom. The Kier molecular flexibility index (Phi) is 7.04. The zero-order chi connectivity index (χ0) is 18.9. The lowest BCUT2D eigenvalue weighted by molar-refractivity contribution is -0.385. The van der Waals surface area contributed by atoms with Crippen LogP contribution < -0.4 is 10.1 Å². The van der Waals surface area contributed by atoms with Crippen LogP contribution in [0.25, 0.3) is 0 Å². The molecule has 0 bridgehead atoms. The van der Waals surface area contributed by atoms with Gasteiger partial charge in [-0.15, -0.1) is 0 Å². The van der Waals surface area contributed by atoms with Crippen LogP contribution in [0.2, 0.25) is 0 Å². The van der Waals surface area contributed by atoms with Crippen LogP contribution in [-0.4, -0.2) is 43.2 Å². The molecule has 0 aliphatic rings. The molecule has 138 valence electrons. The number of nitrogens with zero attached hydrogens (tertiary/aromatic N) is 2. The number of carbonyl (C=O) groups is 1. The van der Waals surface area contributed by atoms with Gasteiger partial charge in [0.2, 0.25) is 0 Å². The van der Waals surface area contributed by atoms with Crippen molar-refractivity contribution < 1.29 is 19.2 Å². The molecular formula is C18H21N3O5. The molecule has 26 heavy (non-hydrogen) atoms. The molecule has 8 nitrogen and oxygen atoms in total. The highest BCUT2D eigenvalue weighted by Gasteiger charge is 2.23. The summed E-state index contributed by atoms with van der Waals surface area (Å²) in [5.74, 6) is -0.0225. The Labute approximate surface area is 151 Å². The first-order valence-electron chi connectivity index (χ1n) is 8.07. The second-order valence-corrected chi connectivity index (χ2v) is 5.59. The first kappa shape index (κ1) is 19.3. The Balaban J connectivity index is 2.11. The fourth-order valence-corrected chi connectivity index (χ4v) is 2.63. The third kappa shape index (κ3) is 5.00. The summed E-state index contributed by atoms with van der Waals surface area (Å²) < 4.78 is 10.4. The van der Waals surface area contributed by atoms with E-state index in [0.717, 1.165) is 0 Å². The second kappa shape index (κ2) is 9.47. The molecule has 1 aromatic heterocycles. The van der Waals surface area contributed by atoms with Crippen molar-refractivity contribution in [1.82, 2.24) is 10.3 Å². The molecular weight excluding hydrogens is 338 g/mol. The average molecular weight is 359 g/mol. The SMILES string of the molecule is COCC(CCNC(=O)c1ccccn1)c1cc(OC)ccc1[N+](=O)[O-]. The van der Waals surface area contributed by atoms with Crippen LogP contribution in [-0.2, 0) is 4.74 Å². The van der Waals surface area contributed by atoms with Crippen molar-refractivity contribution in [2.45, 2.75) is 12.3 Å². The molecule has 1 aromatic carbocycles. The van der Waals surface area contributed by atoms with Crippen molar-refractivity contribution in [2.24, 2.45) is 0 Å². The normalized spacial score (nSPS) is 11.6. The standard InChI is InChI=1S/C18H21N3O5/c1-25-12-13(8-10-20-18(22)16-5-3-4-9-19-16)15-11-14(26-2)6-7-17(15)21(23)24/h3-7,9,11,13H,8,10,12H2,1-2H3,(H,20,22). The van der Waals surface area contributed by atoms with Crippen LogP contribution in [0.15, 0.2) is 42.6 Å². The molecule has 2 rings (SSSR count). The molecule has 2 aromatic rings. The number of ether oxygens (including phenoxy) is 2. The molecule has 1 amide bonds. The number of benzene rings is 1. The van der Waals surface area contributed by atoms with Crippen LogP contribution in [0.3, 0.4) is 0 Å². The summed E-state index contributed by atoms with van der Waals surface area (Å²) in [6, 6.07) is 9.69. The van der Waals surface area contributed by atoms with E-state index >= 15 is 0 Å². The summed E-state index contributed by atoms with van der Waals surface area (Å²) in [6.07, 6.45) is 2.02. The molecule has 1 unspecified atom stereocenters. The van der Waals surface area contributed by atoms with E-state index < -0.39 is 4.92 Å². The average Bonchev–Trinajstić information content (AvgIpc) is 2.67. The van der Waals surface area contributed by atoms with Crippen LogP contribution in [0.5, 0.6) is 5.75 Å². The zero-order valence-electron chi connectivity index (χ0n) is 14.7. The van der Waals surface area contributed by atoms with E-state index in [-0.39, 0.29) is 24.1 Å². The molecule has 0 spiro atoms. The molecule has 1 N–H and O–H groups in total. The molecule has 0 radical (unpaired) electrons. The highest BCUT2D eigenvalue weighted by atomic mass is 16.6. The predicted molar refractivity (Wildman–Crippen MR) is 95.5 cm³/mol. The van der Waals surface area contributed by atoms with Gasteiger partial charge in [-0.25, -0.2) is 0 Å². The molecule has 0 saturated carbocycles. The molecule has 8 heteroatoms. The van der Waals surface area contributed by atoms with Gasteiger partial charge in [0.05, 0.1) is 18.6 Å². The Morgan fingerprint density at radius 1 is 1.31 bits per heavy atom. The van der Waals surface area contributed by atoms with Gasteiger partial charge in [0.25, 0.3) is 11.6 Å². The van der Waals surface area contributed by atoms with Crippen LogP contribution in [0, 0.1) is 10.1 Å². The number of nitro groups is 1. The largest absolute Gasteiger partial charge is 0.497 e. The Morgan fingerprint density at radius 2 is 2.12 bits per heavy atom. The smallest absolute Gasteiger partial charge is 0.273 e. The van der Waals surface area contributed by atoms with Crippen molar-refractivity contribution in [3.8, 4) is 5.75 Å². The fourth-order valence-electron chi connectivity index (χ4n) is 2.63. The van der Waals surface area contributed by atoms with Gasteiger partial charge in [-0.05, 0) is 30.7 Å². The maximum atomic E-state index is 12.1. The first-order valence-corrected chi connectivity index (χ1v) is 8.07. The summed E-state index contributed by atoms with van der Waals surface area (Å²) in [6.45, 7) is 0.616. The molecule has 1 heterocycles. The summed E-state index contributed by atoms with van der Waals surface area (Å²) in [5.41, 5.74) is 0.843. The molecule has 0 fully saturated rings. The number of nitrogens with one attached hydrogen (secondary N) is 1. The van der Waals surface area contributed by atoms with Crippen molar-refractivity contribution in [2.75, 3.05) is 27.4 Å². The lowest BCUT2D eigenvalue weighted by Crippen LogP contribution is -2.27. The summed E-state index contributed by atoms with van der Waals surface area (Å²) in [5, 5.41) is 14.1.